The van der Waals surface area contributed by atoms with Crippen molar-refractivity contribution in [3.05, 3.63) is 0 Å². The van der Waals surface area contributed by atoms with Crippen LogP contribution >= 0.6 is 0 Å². The molecule has 8 heavy (non-hydrogen) atoms. The van der Waals surface area contributed by atoms with Crippen molar-refractivity contribution in [1.82, 2.24) is 0 Å². The van der Waals surface area contributed by atoms with E-state index in [1.165, 1.54) is 0 Å². The molecule has 0 fully saturated rings. The first kappa shape index (κ1) is 11.6. The monoisotopic (exact) mass is 263 g/mol. The van der Waals surface area contributed by atoms with E-state index in [9.17, 15) is 8.42 Å². The van der Waals surface area contributed by atoms with Crippen LogP contribution in [0.5, 0.6) is 0 Å². The minimum Gasteiger partial charge on any atom is -1.00 e. The number of nitriles is 1. The van der Waals surface area contributed by atoms with Gasteiger partial charge in [-0.25, -0.2) is 0 Å². The Kier molecular flexibility index (Phi) is 6.69. The zero-order valence-corrected chi connectivity index (χ0v) is 8.99. The fourth-order valence-corrected chi connectivity index (χ4v) is 0.141. The zero-order valence-electron chi connectivity index (χ0n) is 5.73. The third-order valence-corrected chi connectivity index (χ3v) is 0.428. The largest absolute Gasteiger partial charge is 2.00 e. The first-order valence-electron chi connectivity index (χ1n) is 1.11. The summed E-state index contributed by atoms with van der Waals surface area (Å²) >= 11 is 0. The van der Waals surface area contributed by atoms with Crippen molar-refractivity contribution < 1.29 is 20.0 Å². The van der Waals surface area contributed by atoms with Gasteiger partial charge in [-0.3, -0.25) is 8.74 Å². The fourth-order valence-electron chi connectivity index (χ4n) is 0.0471. The van der Waals surface area contributed by atoms with Crippen molar-refractivity contribution in [2.45, 2.75) is 0 Å². The van der Waals surface area contributed by atoms with E-state index in [1.54, 1.807) is 0 Å². The van der Waals surface area contributed by atoms with E-state index in [2.05, 4.69) is 4.18 Å². The van der Waals surface area contributed by atoms with E-state index in [1.807, 2.05) is 0 Å². The van der Waals surface area contributed by atoms with Crippen LogP contribution in [0.3, 0.4) is 0 Å². The second-order valence-corrected chi connectivity index (χ2v) is 1.62. The smallest absolute Gasteiger partial charge is 1.00 e. The molecule has 0 atom stereocenters. The molecule has 0 bridgehead atoms. The van der Waals surface area contributed by atoms with Crippen LogP contribution in [0.4, 0.5) is 0 Å². The normalized spacial score (nSPS) is 8.50. The van der Waals surface area contributed by atoms with Crippen LogP contribution in [0, 0.1) is 11.5 Å². The Morgan fingerprint density at radius 2 is 2.12 bits per heavy atom. The van der Waals surface area contributed by atoms with Gasteiger partial charge < -0.3 is 2.85 Å². The molecule has 0 amide bonds. The van der Waals surface area contributed by atoms with Crippen LogP contribution in [0.2, 0.25) is 0 Å². The van der Waals surface area contributed by atoms with Crippen molar-refractivity contribution >= 4 is 59.3 Å². The van der Waals surface area contributed by atoms with Gasteiger partial charge >= 0.3 is 65.5 Å². The summed E-state index contributed by atoms with van der Waals surface area (Å²) in [5.41, 5.74) is 0. The van der Waals surface area contributed by atoms with Crippen LogP contribution < -0.4 is 0 Å². The minimum absolute atomic E-state index is 0. The maximum atomic E-state index is 9.34. The van der Waals surface area contributed by atoms with E-state index in [0.29, 0.717) is 0 Å². The summed E-state index contributed by atoms with van der Waals surface area (Å²) in [4.78, 5) is 0. The number of rotatable bonds is 1. The van der Waals surface area contributed by atoms with Gasteiger partial charge in [-0.2, -0.15) is 8.42 Å². The van der Waals surface area contributed by atoms with Gasteiger partial charge in [-0.1, -0.05) is 0 Å². The summed E-state index contributed by atoms with van der Waals surface area (Å²) in [6.45, 7) is 0. The Morgan fingerprint density at radius 3 is 2.12 bits per heavy atom. The average molecular weight is 262 g/mol. The molecule has 0 aliphatic carbocycles. The van der Waals surface area contributed by atoms with Crippen LogP contribution in [-0.2, 0) is 14.6 Å². The average Bonchev–Trinajstić information content (AvgIpc) is 1.30. The number of hydrogen-bond donors (Lipinski definition) is 1. The molecule has 44 valence electrons. The third-order valence-electron chi connectivity index (χ3n) is 0.143. The second-order valence-electron chi connectivity index (χ2n) is 0.602. The third kappa shape index (κ3) is 9.91. The molecule has 0 aliphatic heterocycles. The van der Waals surface area contributed by atoms with Crippen LogP contribution in [-0.4, -0.2) is 61.9 Å². The number of hydrogen-bond acceptors (Lipinski definition) is 4. The van der Waals surface area contributed by atoms with E-state index in [4.69, 9.17) is 9.81 Å². The topological polar surface area (TPSA) is 87.4 Å². The molecular formula is CH3BaNO4S. The molecule has 0 saturated carbocycles. The molecule has 0 aromatic heterocycles. The molecule has 0 saturated heterocycles. The van der Waals surface area contributed by atoms with Crippen LogP contribution in [0.1, 0.15) is 2.85 Å². The van der Waals surface area contributed by atoms with Crippen molar-refractivity contribution in [3.63, 3.8) is 0 Å². The molecule has 0 aromatic carbocycles. The summed E-state index contributed by atoms with van der Waals surface area (Å²) in [7, 11) is -4.54. The maximum Gasteiger partial charge on any atom is 2.00 e. The van der Waals surface area contributed by atoms with Crippen LogP contribution in [0.25, 0.3) is 0 Å². The van der Waals surface area contributed by atoms with Crippen LogP contribution in [0.15, 0.2) is 0 Å². The molecule has 0 aliphatic rings. The molecule has 5 nitrogen and oxygen atoms in total. The fraction of sp³-hybridized carbons (Fsp3) is 0. The zero-order chi connectivity index (χ0) is 5.91. The number of nitrogens with zero attached hydrogens (tertiary/aromatic N) is 1. The molecule has 0 rings (SSSR count). The molecule has 1 N–H and O–H groups in total. The van der Waals surface area contributed by atoms with Gasteiger partial charge in [0.25, 0.3) is 0 Å². The van der Waals surface area contributed by atoms with Gasteiger partial charge in [-0.05, 0) is 0 Å². The first-order valence-corrected chi connectivity index (χ1v) is 2.48. The van der Waals surface area contributed by atoms with Gasteiger partial charge in [0.1, 0.15) is 0 Å². The van der Waals surface area contributed by atoms with Crippen molar-refractivity contribution in [2.75, 3.05) is 0 Å². The minimum atomic E-state index is -4.54. The van der Waals surface area contributed by atoms with Crippen molar-refractivity contribution in [1.29, 1.82) is 5.26 Å². The molecule has 0 heterocycles. The molecule has 0 spiro atoms. The Hall–Kier alpha value is 0.771. The molecule has 0 aromatic rings. The van der Waals surface area contributed by atoms with E-state index in [0.717, 1.165) is 6.26 Å². The Balaban J connectivity index is -0.0000000600. The van der Waals surface area contributed by atoms with Gasteiger partial charge in [0.15, 0.2) is 0 Å². The van der Waals surface area contributed by atoms with Crippen molar-refractivity contribution in [3.8, 4) is 6.26 Å². The standard InChI is InChI=1S/CHNO4S.Ba.2H/c2-1-6-7(3,4)5;;;/h(H,3,4,5);;;/q;+2;2*-1. The second kappa shape index (κ2) is 4.63. The molecule has 0 radical (unpaired) electrons. The van der Waals surface area contributed by atoms with E-state index >= 15 is 0 Å². The van der Waals surface area contributed by atoms with Gasteiger partial charge in [0, 0.05) is 0 Å². The van der Waals surface area contributed by atoms with Gasteiger partial charge in [0.2, 0.25) is 0 Å². The molecule has 7 heteroatoms. The summed E-state index contributed by atoms with van der Waals surface area (Å²) in [6.07, 6.45) is 0.770. The molecule has 0 unspecified atom stereocenters. The molecular weight excluding hydrogens is 259 g/mol. The summed E-state index contributed by atoms with van der Waals surface area (Å²) in [6, 6.07) is 0. The predicted molar refractivity (Wildman–Crippen MR) is 26.2 cm³/mol. The Labute approximate surface area is 89.6 Å². The predicted octanol–water partition coefficient (Wildman–Crippen LogP) is -0.869. The van der Waals surface area contributed by atoms with Crippen molar-refractivity contribution in [2.24, 2.45) is 0 Å². The quantitative estimate of drug-likeness (QED) is 0.377. The first-order chi connectivity index (χ1) is 3.06. The van der Waals surface area contributed by atoms with E-state index < -0.39 is 10.4 Å². The Morgan fingerprint density at radius 1 is 1.75 bits per heavy atom. The van der Waals surface area contributed by atoms with Gasteiger partial charge in [0.05, 0.1) is 0 Å². The summed E-state index contributed by atoms with van der Waals surface area (Å²) in [5, 5.41) is 7.39. The van der Waals surface area contributed by atoms with E-state index in [-0.39, 0.29) is 51.7 Å². The SMILES string of the molecule is N#COS(=O)(=O)O.[Ba+2].[H-].[H-]. The Bertz CT molecular complexity index is 184. The summed E-state index contributed by atoms with van der Waals surface area (Å²) in [5.74, 6) is 0. The van der Waals surface area contributed by atoms with Gasteiger partial charge in [-0.15, -0.1) is 5.26 Å². The summed E-state index contributed by atoms with van der Waals surface area (Å²) < 4.78 is 29.3. The maximum absolute atomic E-state index is 9.34.